The van der Waals surface area contributed by atoms with E-state index >= 15 is 0 Å². The van der Waals surface area contributed by atoms with Gasteiger partial charge >= 0.3 is 0 Å². The Kier molecular flexibility index (Phi) is 6.09. The maximum absolute atomic E-state index is 10.4. The Morgan fingerprint density at radius 3 is 2.59 bits per heavy atom. The van der Waals surface area contributed by atoms with Crippen molar-refractivity contribution >= 4 is 0 Å². The lowest BCUT2D eigenvalue weighted by molar-refractivity contribution is -0.0646. The smallest absolute Gasteiger partial charge is 0.161 e. The van der Waals surface area contributed by atoms with Gasteiger partial charge in [-0.1, -0.05) is 30.3 Å². The quantitative estimate of drug-likeness (QED) is 0.676. The summed E-state index contributed by atoms with van der Waals surface area (Å²) in [4.78, 5) is 2.55. The van der Waals surface area contributed by atoms with E-state index in [1.54, 1.807) is 0 Å². The third kappa shape index (κ3) is 4.27. The number of nitrogens with zero attached hydrogens (tertiary/aromatic N) is 1. The molecule has 2 aliphatic heterocycles. The van der Waals surface area contributed by atoms with Gasteiger partial charge in [0.05, 0.1) is 12.2 Å². The summed E-state index contributed by atoms with van der Waals surface area (Å²) in [5.41, 5.74) is 10.5. The van der Waals surface area contributed by atoms with Gasteiger partial charge in [0.25, 0.3) is 0 Å². The fourth-order valence-corrected chi connectivity index (χ4v) is 4.87. The minimum absolute atomic E-state index is 0.00934. The van der Waals surface area contributed by atoms with Crippen molar-refractivity contribution in [1.29, 1.82) is 0 Å². The molecule has 0 aliphatic carbocycles. The number of fused-ring (bicyclic) bond motifs is 1. The van der Waals surface area contributed by atoms with E-state index in [0.717, 1.165) is 50.0 Å². The zero-order valence-corrected chi connectivity index (χ0v) is 17.2. The Morgan fingerprint density at radius 2 is 1.86 bits per heavy atom. The van der Waals surface area contributed by atoms with Crippen LogP contribution in [-0.2, 0) is 17.6 Å². The van der Waals surface area contributed by atoms with Gasteiger partial charge in [0.1, 0.15) is 0 Å². The molecule has 0 aromatic heterocycles. The highest BCUT2D eigenvalue weighted by Crippen LogP contribution is 2.42. The minimum atomic E-state index is -0.214. The van der Waals surface area contributed by atoms with Crippen molar-refractivity contribution < 1.29 is 14.9 Å². The van der Waals surface area contributed by atoms with Crippen LogP contribution >= 0.6 is 0 Å². The van der Waals surface area contributed by atoms with Gasteiger partial charge in [-0.15, -0.1) is 0 Å². The van der Waals surface area contributed by atoms with Gasteiger partial charge < -0.3 is 25.6 Å². The fraction of sp³-hybridized carbons (Fsp3) is 0.500. The van der Waals surface area contributed by atoms with E-state index in [1.807, 2.05) is 6.07 Å². The molecule has 2 heterocycles. The monoisotopic (exact) mass is 396 g/mol. The molecule has 2 aliphatic rings. The number of rotatable bonds is 5. The second-order valence-electron chi connectivity index (χ2n) is 8.46. The molecule has 4 rings (SSSR count). The van der Waals surface area contributed by atoms with E-state index in [-0.39, 0.29) is 23.7 Å². The average Bonchev–Trinajstić information content (AvgIpc) is 2.75. The predicted molar refractivity (Wildman–Crippen MR) is 114 cm³/mol. The highest BCUT2D eigenvalue weighted by molar-refractivity contribution is 5.51. The number of aryl methyl sites for hydroxylation is 1. The molecule has 2 atom stereocenters. The molecule has 0 amide bonds. The molecular weight excluding hydrogens is 364 g/mol. The van der Waals surface area contributed by atoms with Crippen molar-refractivity contribution in [3.63, 3.8) is 0 Å². The average molecular weight is 397 g/mol. The largest absolute Gasteiger partial charge is 0.504 e. The lowest BCUT2D eigenvalue weighted by Gasteiger charge is -2.40. The summed E-state index contributed by atoms with van der Waals surface area (Å²) >= 11 is 0. The SMILES string of the molecule is Cc1ccccc1CCN1CCC([C@@H]2Cc3c(ccc(O)c3O)[C@H](CN)O2)CC1. The van der Waals surface area contributed by atoms with Crippen LogP contribution < -0.4 is 5.73 Å². The number of aromatic hydroxyl groups is 2. The number of nitrogens with two attached hydrogens (primary N) is 1. The van der Waals surface area contributed by atoms with E-state index in [2.05, 4.69) is 36.1 Å². The number of likely N-dealkylation sites (tertiary alicyclic amines) is 1. The lowest BCUT2D eigenvalue weighted by atomic mass is 9.83. The third-order valence-electron chi connectivity index (χ3n) is 6.72. The van der Waals surface area contributed by atoms with E-state index < -0.39 is 0 Å². The molecule has 5 nitrogen and oxygen atoms in total. The number of benzene rings is 2. The number of phenolic OH excluding ortho intramolecular Hbond substituents is 2. The fourth-order valence-electron chi connectivity index (χ4n) is 4.87. The maximum atomic E-state index is 10.4. The first kappa shape index (κ1) is 20.2. The van der Waals surface area contributed by atoms with Crippen LogP contribution in [0.2, 0.25) is 0 Å². The third-order valence-corrected chi connectivity index (χ3v) is 6.72. The van der Waals surface area contributed by atoms with Crippen molar-refractivity contribution in [3.05, 3.63) is 58.7 Å². The summed E-state index contributed by atoms with van der Waals surface area (Å²) in [6.07, 6.45) is 3.74. The molecule has 4 N–H and O–H groups in total. The van der Waals surface area contributed by atoms with Crippen molar-refractivity contribution in [2.75, 3.05) is 26.2 Å². The zero-order chi connectivity index (χ0) is 20.4. The number of hydrogen-bond donors (Lipinski definition) is 3. The first-order chi connectivity index (χ1) is 14.1. The van der Waals surface area contributed by atoms with E-state index in [0.29, 0.717) is 18.9 Å². The van der Waals surface area contributed by atoms with Gasteiger partial charge in [0, 0.05) is 25.1 Å². The minimum Gasteiger partial charge on any atom is -0.504 e. The van der Waals surface area contributed by atoms with Gasteiger partial charge in [-0.25, -0.2) is 0 Å². The molecule has 0 spiro atoms. The molecule has 1 fully saturated rings. The van der Waals surface area contributed by atoms with Crippen molar-refractivity contribution in [1.82, 2.24) is 4.90 Å². The molecular formula is C24H32N2O3. The van der Waals surface area contributed by atoms with E-state index in [4.69, 9.17) is 10.5 Å². The van der Waals surface area contributed by atoms with Crippen LogP contribution in [0.5, 0.6) is 11.5 Å². The second-order valence-corrected chi connectivity index (χ2v) is 8.46. The summed E-state index contributed by atoms with van der Waals surface area (Å²) in [6, 6.07) is 12.0. The van der Waals surface area contributed by atoms with Crippen molar-refractivity contribution in [2.45, 2.75) is 44.8 Å². The Morgan fingerprint density at radius 1 is 1.10 bits per heavy atom. The van der Waals surface area contributed by atoms with Crippen LogP contribution in [0.25, 0.3) is 0 Å². The summed E-state index contributed by atoms with van der Waals surface area (Å²) in [7, 11) is 0. The Balaban J connectivity index is 1.36. The molecule has 0 bridgehead atoms. The molecule has 156 valence electrons. The Labute approximate surface area is 173 Å². The van der Waals surface area contributed by atoms with E-state index in [9.17, 15) is 10.2 Å². The topological polar surface area (TPSA) is 79.0 Å². The Hall–Kier alpha value is -2.08. The van der Waals surface area contributed by atoms with Crippen LogP contribution in [0.1, 0.15) is 41.2 Å². The predicted octanol–water partition coefficient (Wildman–Crippen LogP) is 3.30. The van der Waals surface area contributed by atoms with E-state index in [1.165, 1.54) is 17.2 Å². The molecule has 1 saturated heterocycles. The molecule has 0 unspecified atom stereocenters. The van der Waals surface area contributed by atoms with Gasteiger partial charge in [-0.05, 0) is 68.0 Å². The summed E-state index contributed by atoms with van der Waals surface area (Å²) in [5.74, 6) is 0.379. The molecule has 2 aromatic rings. The molecule has 29 heavy (non-hydrogen) atoms. The highest BCUT2D eigenvalue weighted by Gasteiger charge is 2.35. The number of ether oxygens (including phenoxy) is 1. The van der Waals surface area contributed by atoms with Crippen LogP contribution in [-0.4, -0.2) is 47.4 Å². The van der Waals surface area contributed by atoms with Gasteiger partial charge in [0.2, 0.25) is 0 Å². The molecule has 2 aromatic carbocycles. The van der Waals surface area contributed by atoms with Gasteiger partial charge in [-0.3, -0.25) is 0 Å². The van der Waals surface area contributed by atoms with Crippen molar-refractivity contribution in [3.8, 4) is 11.5 Å². The highest BCUT2D eigenvalue weighted by atomic mass is 16.5. The standard InChI is InChI=1S/C24H32N2O3/c1-16-4-2-3-5-17(16)8-11-26-12-9-18(10-13-26)22-14-20-19(23(15-25)29-22)6-7-21(27)24(20)28/h2-7,18,22-23,27-28H,8-15,25H2,1H3/t22-,23-/m0/s1. The summed E-state index contributed by atoms with van der Waals surface area (Å²) in [6.45, 7) is 5.79. The first-order valence-electron chi connectivity index (χ1n) is 10.7. The molecule has 5 heteroatoms. The molecule has 0 saturated carbocycles. The Bertz CT molecular complexity index is 846. The maximum Gasteiger partial charge on any atom is 0.161 e. The summed E-state index contributed by atoms with van der Waals surface area (Å²) in [5, 5.41) is 20.3. The lowest BCUT2D eigenvalue weighted by Crippen LogP contribution is -2.42. The number of piperidine rings is 1. The first-order valence-corrected chi connectivity index (χ1v) is 10.7. The van der Waals surface area contributed by atoms with Crippen LogP contribution in [0.4, 0.5) is 0 Å². The van der Waals surface area contributed by atoms with Gasteiger partial charge in [-0.2, -0.15) is 0 Å². The zero-order valence-electron chi connectivity index (χ0n) is 17.2. The normalized spacial score (nSPS) is 23.1. The van der Waals surface area contributed by atoms with Crippen molar-refractivity contribution in [2.24, 2.45) is 11.7 Å². The van der Waals surface area contributed by atoms with Crippen LogP contribution in [0.3, 0.4) is 0 Å². The number of hydrogen-bond acceptors (Lipinski definition) is 5. The molecule has 0 radical (unpaired) electrons. The second kappa shape index (κ2) is 8.74. The van der Waals surface area contributed by atoms with Gasteiger partial charge in [0.15, 0.2) is 11.5 Å². The van der Waals surface area contributed by atoms with Crippen LogP contribution in [0, 0.1) is 12.8 Å². The van der Waals surface area contributed by atoms with Crippen LogP contribution in [0.15, 0.2) is 36.4 Å². The summed E-state index contributed by atoms with van der Waals surface area (Å²) < 4.78 is 6.34. The number of phenols is 2.